The molecule has 1 aliphatic rings. The first-order valence-corrected chi connectivity index (χ1v) is 11.2. The van der Waals surface area contributed by atoms with Crippen LogP contribution in [0.2, 0.25) is 0 Å². The maximum Gasteiger partial charge on any atom is 0.319 e. The van der Waals surface area contributed by atoms with E-state index in [1.54, 1.807) is 0 Å². The second kappa shape index (κ2) is 10.0. The summed E-state index contributed by atoms with van der Waals surface area (Å²) in [5.74, 6) is -0.218. The van der Waals surface area contributed by atoms with Crippen molar-refractivity contribution in [3.05, 3.63) is 60.2 Å². The number of rotatable bonds is 6. The van der Waals surface area contributed by atoms with Crippen LogP contribution in [0.5, 0.6) is 0 Å². The number of carbonyl (C=O) groups excluding carboxylic acids is 1. The van der Waals surface area contributed by atoms with Crippen molar-refractivity contribution < 1.29 is 13.6 Å². The number of benzene rings is 2. The van der Waals surface area contributed by atoms with Crippen LogP contribution in [0.3, 0.4) is 0 Å². The van der Waals surface area contributed by atoms with E-state index < -0.39 is 17.7 Å². The zero-order valence-corrected chi connectivity index (χ0v) is 18.9. The number of amides is 2. The van der Waals surface area contributed by atoms with Gasteiger partial charge in [-0.2, -0.15) is 0 Å². The molecular formula is C25H29F2N5O. The Kier molecular flexibility index (Phi) is 6.91. The van der Waals surface area contributed by atoms with Gasteiger partial charge in [-0.15, -0.1) is 0 Å². The van der Waals surface area contributed by atoms with Crippen molar-refractivity contribution in [1.29, 1.82) is 0 Å². The van der Waals surface area contributed by atoms with Crippen molar-refractivity contribution in [2.45, 2.75) is 31.7 Å². The Hall–Kier alpha value is -3.42. The summed E-state index contributed by atoms with van der Waals surface area (Å²) in [6.07, 6.45) is 3.91. The molecule has 0 aliphatic heterocycles. The van der Waals surface area contributed by atoms with Gasteiger partial charge in [0, 0.05) is 55.6 Å². The highest BCUT2D eigenvalue weighted by Crippen LogP contribution is 2.30. The average Bonchev–Trinajstić information content (AvgIpc) is 2.77. The normalized spacial score (nSPS) is 18.1. The summed E-state index contributed by atoms with van der Waals surface area (Å²) < 4.78 is 26.5. The molecule has 0 saturated heterocycles. The highest BCUT2D eigenvalue weighted by molar-refractivity contribution is 5.93. The molecule has 1 aromatic heterocycles. The van der Waals surface area contributed by atoms with Gasteiger partial charge in [0.05, 0.1) is 5.52 Å². The van der Waals surface area contributed by atoms with E-state index in [0.717, 1.165) is 66.3 Å². The Morgan fingerprint density at radius 3 is 2.42 bits per heavy atom. The summed E-state index contributed by atoms with van der Waals surface area (Å²) in [5.41, 5.74) is 2.19. The highest BCUT2D eigenvalue weighted by atomic mass is 19.1. The molecule has 6 nitrogen and oxygen atoms in total. The molecule has 2 aromatic carbocycles. The van der Waals surface area contributed by atoms with Crippen LogP contribution in [0.1, 0.15) is 25.7 Å². The summed E-state index contributed by atoms with van der Waals surface area (Å²) in [4.78, 5) is 19.0. The number of hydrogen-bond acceptors (Lipinski definition) is 4. The number of hydrogen-bond donors (Lipinski definition) is 3. The van der Waals surface area contributed by atoms with E-state index in [1.165, 1.54) is 0 Å². The van der Waals surface area contributed by atoms with E-state index in [2.05, 4.69) is 33.0 Å². The van der Waals surface area contributed by atoms with E-state index in [9.17, 15) is 13.6 Å². The first-order chi connectivity index (χ1) is 15.9. The number of fused-ring (bicyclic) bond motifs is 1. The summed E-state index contributed by atoms with van der Waals surface area (Å²) in [5, 5.41) is 10.0. The molecule has 8 heteroatoms. The Bertz CT molecular complexity index is 1110. The third-order valence-electron chi connectivity index (χ3n) is 6.05. The van der Waals surface area contributed by atoms with Crippen LogP contribution < -0.4 is 20.9 Å². The Labute approximate surface area is 192 Å². The molecule has 174 valence electrons. The number of nitrogens with one attached hydrogen (secondary N) is 3. The second-order valence-corrected chi connectivity index (χ2v) is 8.79. The molecule has 33 heavy (non-hydrogen) atoms. The fourth-order valence-corrected chi connectivity index (χ4v) is 4.36. The standard InChI is InChI=1S/C25H29F2N5O/c1-32(2)23-14-24(31-22-6-4-3-5-21(22)23)29-19-9-7-16(8-10-19)15-28-25(33)30-20-12-17(26)11-18(27)13-20/h3-6,11-14,16,19H,7-10,15H2,1-2H3,(H,29,31)(H2,28,30,33). The van der Waals surface area contributed by atoms with Crippen LogP contribution in [-0.4, -0.2) is 37.7 Å². The molecular weight excluding hydrogens is 424 g/mol. The van der Waals surface area contributed by atoms with Crippen molar-refractivity contribution in [1.82, 2.24) is 10.3 Å². The zero-order valence-electron chi connectivity index (χ0n) is 18.9. The lowest BCUT2D eigenvalue weighted by atomic mass is 9.86. The van der Waals surface area contributed by atoms with Gasteiger partial charge in [-0.1, -0.05) is 18.2 Å². The summed E-state index contributed by atoms with van der Waals surface area (Å²) >= 11 is 0. The molecule has 0 bridgehead atoms. The summed E-state index contributed by atoms with van der Waals surface area (Å²) in [6.45, 7) is 0.523. The minimum absolute atomic E-state index is 0.0953. The number of urea groups is 1. The fourth-order valence-electron chi connectivity index (χ4n) is 4.36. The first kappa shape index (κ1) is 22.8. The number of halogens is 2. The van der Waals surface area contributed by atoms with Gasteiger partial charge in [0.25, 0.3) is 0 Å². The van der Waals surface area contributed by atoms with E-state index in [-0.39, 0.29) is 5.69 Å². The maximum absolute atomic E-state index is 13.3. The van der Waals surface area contributed by atoms with Crippen LogP contribution in [-0.2, 0) is 0 Å². The smallest absolute Gasteiger partial charge is 0.319 e. The molecule has 2 amide bonds. The monoisotopic (exact) mass is 453 g/mol. The largest absolute Gasteiger partial charge is 0.377 e. The molecule has 0 unspecified atom stereocenters. The van der Waals surface area contributed by atoms with Gasteiger partial charge >= 0.3 is 6.03 Å². The fraction of sp³-hybridized carbons (Fsp3) is 0.360. The molecule has 0 spiro atoms. The molecule has 0 atom stereocenters. The van der Waals surface area contributed by atoms with Crippen LogP contribution in [0.25, 0.3) is 10.9 Å². The van der Waals surface area contributed by atoms with Gasteiger partial charge in [0.2, 0.25) is 0 Å². The average molecular weight is 454 g/mol. The minimum Gasteiger partial charge on any atom is -0.377 e. The number of pyridine rings is 1. The summed E-state index contributed by atoms with van der Waals surface area (Å²) in [7, 11) is 4.06. The second-order valence-electron chi connectivity index (χ2n) is 8.79. The quantitative estimate of drug-likeness (QED) is 0.469. The highest BCUT2D eigenvalue weighted by Gasteiger charge is 2.22. The molecule has 3 N–H and O–H groups in total. The minimum atomic E-state index is -0.727. The molecule has 0 radical (unpaired) electrons. The van der Waals surface area contributed by atoms with E-state index in [1.807, 2.05) is 32.3 Å². The van der Waals surface area contributed by atoms with Crippen molar-refractivity contribution in [3.63, 3.8) is 0 Å². The van der Waals surface area contributed by atoms with E-state index in [4.69, 9.17) is 4.98 Å². The topological polar surface area (TPSA) is 69.3 Å². The van der Waals surface area contributed by atoms with E-state index in [0.29, 0.717) is 18.5 Å². The van der Waals surface area contributed by atoms with E-state index >= 15 is 0 Å². The molecule has 1 saturated carbocycles. The Morgan fingerprint density at radius 1 is 1.03 bits per heavy atom. The molecule has 1 heterocycles. The Balaban J connectivity index is 1.27. The van der Waals surface area contributed by atoms with Crippen LogP contribution in [0.15, 0.2) is 48.5 Å². The van der Waals surface area contributed by atoms with Crippen LogP contribution in [0, 0.1) is 17.6 Å². The number of carbonyl (C=O) groups is 1. The third-order valence-corrected chi connectivity index (χ3v) is 6.05. The van der Waals surface area contributed by atoms with Gasteiger partial charge in [0.1, 0.15) is 17.5 Å². The maximum atomic E-state index is 13.3. The third kappa shape index (κ3) is 5.88. The lowest BCUT2D eigenvalue weighted by Crippen LogP contribution is -2.36. The predicted octanol–water partition coefficient (Wildman–Crippen LogP) is 5.37. The molecule has 1 fully saturated rings. The van der Waals surface area contributed by atoms with Gasteiger partial charge < -0.3 is 20.9 Å². The predicted molar refractivity (Wildman–Crippen MR) is 129 cm³/mol. The van der Waals surface area contributed by atoms with Crippen molar-refractivity contribution in [2.75, 3.05) is 36.2 Å². The molecule has 1 aliphatic carbocycles. The van der Waals surface area contributed by atoms with Gasteiger partial charge in [-0.25, -0.2) is 18.6 Å². The zero-order chi connectivity index (χ0) is 23.4. The SMILES string of the molecule is CN(C)c1cc(NC2CCC(CNC(=O)Nc3cc(F)cc(F)c3)CC2)nc2ccccc12. The van der Waals surface area contributed by atoms with Crippen LogP contribution >= 0.6 is 0 Å². The van der Waals surface area contributed by atoms with Crippen molar-refractivity contribution in [3.8, 4) is 0 Å². The first-order valence-electron chi connectivity index (χ1n) is 11.2. The lowest BCUT2D eigenvalue weighted by Gasteiger charge is -2.30. The number of aromatic nitrogens is 1. The van der Waals surface area contributed by atoms with Gasteiger partial charge in [0.15, 0.2) is 0 Å². The Morgan fingerprint density at radius 2 is 1.73 bits per heavy atom. The number of para-hydroxylation sites is 1. The van der Waals surface area contributed by atoms with Gasteiger partial charge in [-0.3, -0.25) is 0 Å². The lowest BCUT2D eigenvalue weighted by molar-refractivity contribution is 0.246. The van der Waals surface area contributed by atoms with Crippen LogP contribution in [0.4, 0.5) is 30.8 Å². The van der Waals surface area contributed by atoms with Crippen molar-refractivity contribution in [2.24, 2.45) is 5.92 Å². The molecule has 3 aromatic rings. The number of nitrogens with zero attached hydrogens (tertiary/aromatic N) is 2. The van der Waals surface area contributed by atoms with Gasteiger partial charge in [-0.05, 0) is 49.8 Å². The summed E-state index contributed by atoms with van der Waals surface area (Å²) in [6, 6.07) is 13.0. The van der Waals surface area contributed by atoms with Crippen molar-refractivity contribution >= 4 is 34.1 Å². The number of anilines is 3. The molecule has 4 rings (SSSR count).